The van der Waals surface area contributed by atoms with Crippen molar-refractivity contribution in [2.24, 2.45) is 5.92 Å². The highest BCUT2D eigenvalue weighted by atomic mass is 32.1. The number of hydrogen-bond donors (Lipinski definition) is 2. The average Bonchev–Trinajstić information content (AvgIpc) is 3.06. The van der Waals surface area contributed by atoms with Crippen LogP contribution in [0.4, 0.5) is 13.9 Å². The molecule has 1 atom stereocenters. The first-order valence-corrected chi connectivity index (χ1v) is 7.69. The molecule has 2 N–H and O–H groups in total. The largest absolute Gasteiger partial charge is 0.316 e. The fourth-order valence-electron chi connectivity index (χ4n) is 2.45. The molecule has 4 nitrogen and oxygen atoms in total. The van der Waals surface area contributed by atoms with Crippen LogP contribution in [-0.4, -0.2) is 24.0 Å². The van der Waals surface area contributed by atoms with Crippen molar-refractivity contribution in [2.45, 2.75) is 19.3 Å². The number of benzene rings is 1. The average molecular weight is 311 g/mol. The number of fused-ring (bicyclic) bond motifs is 1. The Bertz CT molecular complexity index is 629. The predicted molar refractivity (Wildman–Crippen MR) is 78.4 cm³/mol. The minimum Gasteiger partial charge on any atom is -0.316 e. The number of thiazole rings is 1. The van der Waals surface area contributed by atoms with E-state index >= 15 is 0 Å². The number of nitrogens with zero attached hydrogens (tertiary/aromatic N) is 1. The summed E-state index contributed by atoms with van der Waals surface area (Å²) in [5, 5.41) is 6.34. The molecule has 1 amide bonds. The lowest BCUT2D eigenvalue weighted by atomic mass is 10.0. The lowest BCUT2D eigenvalue weighted by Gasteiger charge is -2.06. The molecule has 0 radical (unpaired) electrons. The Kier molecular flexibility index (Phi) is 4.12. The first-order valence-electron chi connectivity index (χ1n) is 6.88. The summed E-state index contributed by atoms with van der Waals surface area (Å²) in [5.74, 6) is -1.40. The second-order valence-corrected chi connectivity index (χ2v) is 6.23. The van der Waals surface area contributed by atoms with Crippen LogP contribution in [0.3, 0.4) is 0 Å². The normalized spacial score (nSPS) is 18.3. The SMILES string of the molecule is O=C(CCC1CCNC1)Nc1nc2cc(F)c(F)cc2s1. The van der Waals surface area contributed by atoms with Gasteiger partial charge in [-0.05, 0) is 37.9 Å². The van der Waals surface area contributed by atoms with Crippen LogP contribution in [0.25, 0.3) is 10.2 Å². The molecule has 1 aliphatic rings. The van der Waals surface area contributed by atoms with Crippen LogP contribution in [0, 0.1) is 17.6 Å². The summed E-state index contributed by atoms with van der Waals surface area (Å²) in [6, 6.07) is 2.14. The Labute approximate surface area is 124 Å². The maximum atomic E-state index is 13.1. The topological polar surface area (TPSA) is 54.0 Å². The lowest BCUT2D eigenvalue weighted by Crippen LogP contribution is -2.14. The van der Waals surface area contributed by atoms with Crippen molar-refractivity contribution < 1.29 is 13.6 Å². The summed E-state index contributed by atoms with van der Waals surface area (Å²) in [6.45, 7) is 1.98. The first kappa shape index (κ1) is 14.3. The van der Waals surface area contributed by atoms with Gasteiger partial charge in [-0.15, -0.1) is 0 Å². The molecule has 1 unspecified atom stereocenters. The highest BCUT2D eigenvalue weighted by molar-refractivity contribution is 7.22. The minimum atomic E-state index is -0.931. The fraction of sp³-hybridized carbons (Fsp3) is 0.429. The van der Waals surface area contributed by atoms with E-state index in [0.717, 1.165) is 49.4 Å². The van der Waals surface area contributed by atoms with Crippen LogP contribution < -0.4 is 10.6 Å². The smallest absolute Gasteiger partial charge is 0.226 e. The van der Waals surface area contributed by atoms with E-state index in [1.165, 1.54) is 0 Å². The van der Waals surface area contributed by atoms with Gasteiger partial charge in [0.2, 0.25) is 5.91 Å². The molecule has 1 aromatic heterocycles. The van der Waals surface area contributed by atoms with E-state index in [1.54, 1.807) is 0 Å². The van der Waals surface area contributed by atoms with Crippen molar-refractivity contribution in [3.05, 3.63) is 23.8 Å². The molecule has 1 saturated heterocycles. The quantitative estimate of drug-likeness (QED) is 0.913. The first-order chi connectivity index (χ1) is 10.1. The Morgan fingerprint density at radius 2 is 2.24 bits per heavy atom. The summed E-state index contributed by atoms with van der Waals surface area (Å²) in [6.07, 6.45) is 2.38. The third kappa shape index (κ3) is 3.36. The van der Waals surface area contributed by atoms with Crippen LogP contribution in [0.1, 0.15) is 19.3 Å². The molecule has 0 saturated carbocycles. The zero-order valence-electron chi connectivity index (χ0n) is 11.3. The van der Waals surface area contributed by atoms with Crippen molar-refractivity contribution in [1.29, 1.82) is 0 Å². The van der Waals surface area contributed by atoms with E-state index < -0.39 is 11.6 Å². The van der Waals surface area contributed by atoms with Crippen LogP contribution in [0.2, 0.25) is 0 Å². The Morgan fingerprint density at radius 3 is 3.00 bits per heavy atom. The van der Waals surface area contributed by atoms with Crippen molar-refractivity contribution in [3.8, 4) is 0 Å². The van der Waals surface area contributed by atoms with E-state index in [4.69, 9.17) is 0 Å². The lowest BCUT2D eigenvalue weighted by molar-refractivity contribution is -0.116. The van der Waals surface area contributed by atoms with Gasteiger partial charge in [-0.2, -0.15) is 0 Å². The second-order valence-electron chi connectivity index (χ2n) is 5.20. The summed E-state index contributed by atoms with van der Waals surface area (Å²) >= 11 is 1.14. The maximum Gasteiger partial charge on any atom is 0.226 e. The highest BCUT2D eigenvalue weighted by Gasteiger charge is 2.16. The summed E-state index contributed by atoms with van der Waals surface area (Å²) in [5.41, 5.74) is 0.356. The standard InChI is InChI=1S/C14H15F2N3OS/c15-9-5-11-12(6-10(9)16)21-14(18-11)19-13(20)2-1-8-3-4-17-7-8/h5-6,8,17H,1-4,7H2,(H,18,19,20). The van der Waals surface area contributed by atoms with Crippen LogP contribution in [-0.2, 0) is 4.79 Å². The van der Waals surface area contributed by atoms with E-state index in [9.17, 15) is 13.6 Å². The molecule has 3 rings (SSSR count). The van der Waals surface area contributed by atoms with Crippen molar-refractivity contribution in [1.82, 2.24) is 10.3 Å². The van der Waals surface area contributed by atoms with E-state index in [0.29, 0.717) is 27.7 Å². The monoisotopic (exact) mass is 311 g/mol. The number of amides is 1. The van der Waals surface area contributed by atoms with E-state index in [-0.39, 0.29) is 5.91 Å². The van der Waals surface area contributed by atoms with Gasteiger partial charge in [0.1, 0.15) is 0 Å². The molecule has 0 aliphatic carbocycles. The fourth-order valence-corrected chi connectivity index (χ4v) is 3.34. The minimum absolute atomic E-state index is 0.109. The van der Waals surface area contributed by atoms with Gasteiger partial charge in [0.05, 0.1) is 10.2 Å². The number of anilines is 1. The Balaban J connectivity index is 1.62. The molecule has 1 aromatic carbocycles. The molecular formula is C14H15F2N3OS. The maximum absolute atomic E-state index is 13.1. The summed E-state index contributed by atoms with van der Waals surface area (Å²) < 4.78 is 26.8. The second kappa shape index (κ2) is 6.03. The van der Waals surface area contributed by atoms with Crippen molar-refractivity contribution in [2.75, 3.05) is 18.4 Å². The highest BCUT2D eigenvalue weighted by Crippen LogP contribution is 2.28. The molecule has 112 valence electrons. The number of carbonyl (C=O) groups excluding carboxylic acids is 1. The predicted octanol–water partition coefficient (Wildman–Crippen LogP) is 2.90. The molecule has 0 spiro atoms. The third-order valence-electron chi connectivity index (χ3n) is 3.62. The molecular weight excluding hydrogens is 296 g/mol. The van der Waals surface area contributed by atoms with Crippen LogP contribution >= 0.6 is 11.3 Å². The molecule has 2 aromatic rings. The Morgan fingerprint density at radius 1 is 1.43 bits per heavy atom. The molecule has 0 bridgehead atoms. The molecule has 1 aliphatic heterocycles. The number of carbonyl (C=O) groups is 1. The van der Waals surface area contributed by atoms with Crippen LogP contribution in [0.5, 0.6) is 0 Å². The van der Waals surface area contributed by atoms with E-state index in [1.807, 2.05) is 0 Å². The van der Waals surface area contributed by atoms with Gasteiger partial charge in [0.25, 0.3) is 0 Å². The number of hydrogen-bond acceptors (Lipinski definition) is 4. The number of aromatic nitrogens is 1. The van der Waals surface area contributed by atoms with Gasteiger partial charge in [-0.25, -0.2) is 13.8 Å². The number of nitrogens with one attached hydrogen (secondary N) is 2. The number of halogens is 2. The third-order valence-corrected chi connectivity index (χ3v) is 4.55. The van der Waals surface area contributed by atoms with Gasteiger partial charge in [0.15, 0.2) is 16.8 Å². The van der Waals surface area contributed by atoms with Crippen molar-refractivity contribution >= 4 is 32.6 Å². The van der Waals surface area contributed by atoms with Crippen molar-refractivity contribution in [3.63, 3.8) is 0 Å². The molecule has 7 heteroatoms. The zero-order chi connectivity index (χ0) is 14.8. The van der Waals surface area contributed by atoms with Gasteiger partial charge < -0.3 is 10.6 Å². The van der Waals surface area contributed by atoms with Gasteiger partial charge in [0, 0.05) is 12.5 Å². The summed E-state index contributed by atoms with van der Waals surface area (Å²) in [4.78, 5) is 16.0. The Hall–Kier alpha value is -1.60. The van der Waals surface area contributed by atoms with Gasteiger partial charge >= 0.3 is 0 Å². The molecule has 2 heterocycles. The van der Waals surface area contributed by atoms with Crippen LogP contribution in [0.15, 0.2) is 12.1 Å². The zero-order valence-corrected chi connectivity index (χ0v) is 12.1. The number of rotatable bonds is 4. The van der Waals surface area contributed by atoms with Gasteiger partial charge in [-0.3, -0.25) is 4.79 Å². The van der Waals surface area contributed by atoms with E-state index in [2.05, 4.69) is 15.6 Å². The van der Waals surface area contributed by atoms with Gasteiger partial charge in [-0.1, -0.05) is 11.3 Å². The summed E-state index contributed by atoms with van der Waals surface area (Å²) in [7, 11) is 0. The molecule has 21 heavy (non-hydrogen) atoms. The molecule has 1 fully saturated rings.